The third-order valence-electron chi connectivity index (χ3n) is 3.57. The third kappa shape index (κ3) is 5.50. The molecule has 5 heteroatoms. The molecule has 25 heavy (non-hydrogen) atoms. The lowest BCUT2D eigenvalue weighted by Crippen LogP contribution is -2.26. The maximum Gasteiger partial charge on any atom is 0.226 e. The lowest BCUT2D eigenvalue weighted by atomic mass is 10.2. The van der Waals surface area contributed by atoms with Crippen LogP contribution in [0.5, 0.6) is 0 Å². The highest BCUT2D eigenvalue weighted by Crippen LogP contribution is 2.18. The molecular weight excluding hydrogens is 332 g/mol. The Morgan fingerprint density at radius 3 is 2.52 bits per heavy atom. The van der Waals surface area contributed by atoms with Gasteiger partial charge in [0.2, 0.25) is 11.8 Å². The van der Waals surface area contributed by atoms with Gasteiger partial charge in [-0.2, -0.15) is 0 Å². The van der Waals surface area contributed by atoms with Crippen LogP contribution in [0.4, 0.5) is 0 Å². The van der Waals surface area contributed by atoms with E-state index in [4.69, 9.17) is 4.42 Å². The Morgan fingerprint density at radius 1 is 1.04 bits per heavy atom. The first-order chi connectivity index (χ1) is 12.3. The Bertz CT molecular complexity index is 788. The molecule has 0 radical (unpaired) electrons. The fourth-order valence-electron chi connectivity index (χ4n) is 2.34. The number of aromatic nitrogens is 1. The van der Waals surface area contributed by atoms with Crippen LogP contribution in [-0.2, 0) is 11.2 Å². The number of oxazole rings is 1. The molecule has 3 aromatic rings. The van der Waals surface area contributed by atoms with E-state index in [0.29, 0.717) is 18.1 Å². The molecule has 1 heterocycles. The summed E-state index contributed by atoms with van der Waals surface area (Å²) in [6.07, 6.45) is 2.72. The van der Waals surface area contributed by atoms with Gasteiger partial charge in [-0.15, -0.1) is 11.8 Å². The summed E-state index contributed by atoms with van der Waals surface area (Å²) in [5, 5.41) is 2.93. The minimum absolute atomic E-state index is 0.0300. The molecule has 128 valence electrons. The Kier molecular flexibility index (Phi) is 6.29. The molecule has 0 aliphatic rings. The SMILES string of the molecule is O=C(Cc1coc(-c2ccccc2)n1)NCCCSc1ccccc1. The predicted octanol–water partition coefficient (Wildman–Crippen LogP) is 4.18. The Morgan fingerprint density at radius 2 is 1.76 bits per heavy atom. The second-order valence-electron chi connectivity index (χ2n) is 5.55. The van der Waals surface area contributed by atoms with Crippen LogP contribution >= 0.6 is 11.8 Å². The summed E-state index contributed by atoms with van der Waals surface area (Å²) in [6, 6.07) is 19.9. The first-order valence-corrected chi connectivity index (χ1v) is 9.24. The number of benzene rings is 2. The molecule has 0 saturated carbocycles. The average molecular weight is 352 g/mol. The van der Waals surface area contributed by atoms with Crippen LogP contribution in [0, 0.1) is 0 Å². The zero-order valence-corrected chi connectivity index (χ0v) is 14.7. The lowest BCUT2D eigenvalue weighted by molar-refractivity contribution is -0.120. The highest BCUT2D eigenvalue weighted by atomic mass is 32.2. The molecule has 0 atom stereocenters. The summed E-state index contributed by atoms with van der Waals surface area (Å²) in [5.41, 5.74) is 1.56. The van der Waals surface area contributed by atoms with Crippen molar-refractivity contribution in [1.82, 2.24) is 10.3 Å². The maximum atomic E-state index is 12.0. The van der Waals surface area contributed by atoms with E-state index >= 15 is 0 Å². The van der Waals surface area contributed by atoms with E-state index in [-0.39, 0.29) is 12.3 Å². The quantitative estimate of drug-likeness (QED) is 0.488. The summed E-state index contributed by atoms with van der Waals surface area (Å²) >= 11 is 1.80. The van der Waals surface area contributed by atoms with Crippen molar-refractivity contribution in [2.45, 2.75) is 17.7 Å². The largest absolute Gasteiger partial charge is 0.444 e. The molecule has 0 saturated heterocycles. The smallest absolute Gasteiger partial charge is 0.226 e. The number of nitrogens with zero attached hydrogens (tertiary/aromatic N) is 1. The number of thioether (sulfide) groups is 1. The number of carbonyl (C=O) groups is 1. The van der Waals surface area contributed by atoms with Crippen LogP contribution in [0.1, 0.15) is 12.1 Å². The standard InChI is InChI=1S/C20H20N2O2S/c23-19(21-12-7-13-25-18-10-5-2-6-11-18)14-17-15-24-20(22-17)16-8-3-1-4-9-16/h1-6,8-11,15H,7,12-14H2,(H,21,23). The monoisotopic (exact) mass is 352 g/mol. The number of carbonyl (C=O) groups excluding carboxylic acids is 1. The Labute approximate surface area is 151 Å². The Balaban J connectivity index is 1.37. The van der Waals surface area contributed by atoms with Crippen LogP contribution < -0.4 is 5.32 Å². The summed E-state index contributed by atoms with van der Waals surface area (Å²) in [6.45, 7) is 0.669. The van der Waals surface area contributed by atoms with Crippen molar-refractivity contribution in [2.24, 2.45) is 0 Å². The van der Waals surface area contributed by atoms with Crippen molar-refractivity contribution < 1.29 is 9.21 Å². The van der Waals surface area contributed by atoms with Crippen LogP contribution in [0.2, 0.25) is 0 Å². The van der Waals surface area contributed by atoms with Crippen LogP contribution in [0.3, 0.4) is 0 Å². The topological polar surface area (TPSA) is 55.1 Å². The highest BCUT2D eigenvalue weighted by Gasteiger charge is 2.09. The third-order valence-corrected chi connectivity index (χ3v) is 4.67. The molecule has 0 aliphatic carbocycles. The van der Waals surface area contributed by atoms with Gasteiger partial charge in [-0.25, -0.2) is 4.98 Å². The summed E-state index contributed by atoms with van der Waals surface area (Å²) in [7, 11) is 0. The molecular formula is C20H20N2O2S. The van der Waals surface area contributed by atoms with Gasteiger partial charge in [0.15, 0.2) is 0 Å². The van der Waals surface area contributed by atoms with E-state index in [1.54, 1.807) is 18.0 Å². The van der Waals surface area contributed by atoms with E-state index in [1.165, 1.54) is 4.90 Å². The van der Waals surface area contributed by atoms with Gasteiger partial charge in [0.1, 0.15) is 6.26 Å². The molecule has 4 nitrogen and oxygen atoms in total. The van der Waals surface area contributed by atoms with Gasteiger partial charge in [-0.1, -0.05) is 36.4 Å². The second-order valence-corrected chi connectivity index (χ2v) is 6.72. The molecule has 1 aromatic heterocycles. The Hall–Kier alpha value is -2.53. The number of nitrogens with one attached hydrogen (secondary N) is 1. The summed E-state index contributed by atoms with van der Waals surface area (Å²) in [4.78, 5) is 17.6. The number of hydrogen-bond acceptors (Lipinski definition) is 4. The van der Waals surface area contributed by atoms with E-state index in [0.717, 1.165) is 17.7 Å². The van der Waals surface area contributed by atoms with E-state index in [1.807, 2.05) is 48.5 Å². The zero-order chi connectivity index (χ0) is 17.3. The minimum atomic E-state index is -0.0300. The maximum absolute atomic E-state index is 12.0. The summed E-state index contributed by atoms with van der Waals surface area (Å²) in [5.74, 6) is 1.49. The van der Waals surface area contributed by atoms with Gasteiger partial charge in [-0.05, 0) is 36.4 Å². The van der Waals surface area contributed by atoms with Crippen molar-refractivity contribution >= 4 is 17.7 Å². The van der Waals surface area contributed by atoms with Crippen molar-refractivity contribution in [1.29, 1.82) is 0 Å². The molecule has 3 rings (SSSR count). The van der Waals surface area contributed by atoms with Crippen LogP contribution in [-0.4, -0.2) is 23.2 Å². The number of amides is 1. The van der Waals surface area contributed by atoms with Gasteiger partial charge < -0.3 is 9.73 Å². The fourth-order valence-corrected chi connectivity index (χ4v) is 3.21. The molecule has 1 amide bonds. The molecule has 0 bridgehead atoms. The van der Waals surface area contributed by atoms with Gasteiger partial charge in [0.05, 0.1) is 12.1 Å². The lowest BCUT2D eigenvalue weighted by Gasteiger charge is -2.04. The first kappa shape index (κ1) is 17.3. The van der Waals surface area contributed by atoms with Gasteiger partial charge in [0.25, 0.3) is 0 Å². The van der Waals surface area contributed by atoms with Crippen molar-refractivity contribution in [3.63, 3.8) is 0 Å². The van der Waals surface area contributed by atoms with Crippen molar-refractivity contribution in [2.75, 3.05) is 12.3 Å². The molecule has 1 N–H and O–H groups in total. The average Bonchev–Trinajstić information content (AvgIpc) is 3.11. The molecule has 0 unspecified atom stereocenters. The molecule has 0 fully saturated rings. The normalized spacial score (nSPS) is 10.6. The number of hydrogen-bond donors (Lipinski definition) is 1. The van der Waals surface area contributed by atoms with Crippen LogP contribution in [0.15, 0.2) is 76.2 Å². The molecule has 0 aliphatic heterocycles. The highest BCUT2D eigenvalue weighted by molar-refractivity contribution is 7.99. The fraction of sp³-hybridized carbons (Fsp3) is 0.200. The van der Waals surface area contributed by atoms with Gasteiger partial charge in [-0.3, -0.25) is 4.79 Å². The van der Waals surface area contributed by atoms with Gasteiger partial charge in [0, 0.05) is 17.0 Å². The van der Waals surface area contributed by atoms with Crippen molar-refractivity contribution in [3.05, 3.63) is 72.6 Å². The van der Waals surface area contributed by atoms with E-state index < -0.39 is 0 Å². The van der Waals surface area contributed by atoms with Gasteiger partial charge >= 0.3 is 0 Å². The number of rotatable bonds is 8. The summed E-state index contributed by atoms with van der Waals surface area (Å²) < 4.78 is 5.45. The zero-order valence-electron chi connectivity index (χ0n) is 13.9. The second kappa shape index (κ2) is 9.08. The first-order valence-electron chi connectivity index (χ1n) is 8.25. The van der Waals surface area contributed by atoms with E-state index in [2.05, 4.69) is 22.4 Å². The van der Waals surface area contributed by atoms with E-state index in [9.17, 15) is 4.79 Å². The predicted molar refractivity (Wildman–Crippen MR) is 100 cm³/mol. The molecule has 0 spiro atoms. The van der Waals surface area contributed by atoms with Crippen LogP contribution in [0.25, 0.3) is 11.5 Å². The van der Waals surface area contributed by atoms with Crippen molar-refractivity contribution in [3.8, 4) is 11.5 Å². The molecule has 2 aromatic carbocycles. The minimum Gasteiger partial charge on any atom is -0.444 e.